The summed E-state index contributed by atoms with van der Waals surface area (Å²) in [5.41, 5.74) is 2.01. The fraction of sp³-hybridized carbons (Fsp3) is 0.400. The maximum absolute atomic E-state index is 12.7. The molecule has 6 nitrogen and oxygen atoms in total. The molecular formula is C25H30N2O4. The van der Waals surface area contributed by atoms with Crippen molar-refractivity contribution in [2.45, 2.75) is 30.7 Å². The van der Waals surface area contributed by atoms with Crippen LogP contribution >= 0.6 is 0 Å². The van der Waals surface area contributed by atoms with E-state index in [1.807, 2.05) is 36.4 Å². The average Bonchev–Trinajstić information content (AvgIpc) is 3.15. The molecule has 2 aromatic rings. The van der Waals surface area contributed by atoms with Crippen LogP contribution in [0.3, 0.4) is 0 Å². The zero-order valence-corrected chi connectivity index (χ0v) is 18.6. The topological polar surface area (TPSA) is 51.2 Å². The molecule has 1 aliphatic heterocycles. The second-order valence-corrected chi connectivity index (χ2v) is 8.31. The summed E-state index contributed by atoms with van der Waals surface area (Å²) in [5, 5.41) is 0. The number of hydrogen-bond acceptors (Lipinski definition) is 5. The number of benzene rings is 2. The molecule has 1 amide bonds. The van der Waals surface area contributed by atoms with Crippen molar-refractivity contribution in [3.8, 4) is 11.5 Å². The maximum Gasteiger partial charge on any atom is 0.419 e. The Morgan fingerprint density at radius 3 is 2.55 bits per heavy atom. The minimum Gasteiger partial charge on any atom is -0.493 e. The summed E-state index contributed by atoms with van der Waals surface area (Å²) in [4.78, 5) is 16.6. The Balaban J connectivity index is 1.57. The van der Waals surface area contributed by atoms with Gasteiger partial charge in [0.15, 0.2) is 11.5 Å². The zero-order valence-electron chi connectivity index (χ0n) is 18.6. The van der Waals surface area contributed by atoms with Gasteiger partial charge in [-0.25, -0.2) is 4.79 Å². The van der Waals surface area contributed by atoms with E-state index in [1.165, 1.54) is 10.5 Å². The van der Waals surface area contributed by atoms with Crippen molar-refractivity contribution in [2.75, 3.05) is 39.8 Å². The number of methoxy groups -OCH3 is 2. The standard InChI is InChI=1S/C25H30N2O4/c1-26-15-14-25(18-10-11-21(29-3)22(16-18)30-4)13-12-20(17-23(25)26)31-24(28)27(2)19-8-6-5-7-9-19/h5-12,16,23H,13-15,17H2,1-4H3/t23-,25-/m0/s1. The first-order valence-corrected chi connectivity index (χ1v) is 10.6. The summed E-state index contributed by atoms with van der Waals surface area (Å²) in [5.74, 6) is 2.21. The van der Waals surface area contributed by atoms with E-state index in [2.05, 4.69) is 30.2 Å². The summed E-state index contributed by atoms with van der Waals surface area (Å²) >= 11 is 0. The van der Waals surface area contributed by atoms with Crippen LogP contribution in [0.15, 0.2) is 60.4 Å². The minimum absolute atomic E-state index is 0.0322. The van der Waals surface area contributed by atoms with Crippen molar-refractivity contribution >= 4 is 11.8 Å². The van der Waals surface area contributed by atoms with Gasteiger partial charge in [0.1, 0.15) is 5.76 Å². The Kier molecular flexibility index (Phi) is 5.92. The number of allylic oxidation sites excluding steroid dienone is 1. The quantitative estimate of drug-likeness (QED) is 0.705. The van der Waals surface area contributed by atoms with Crippen molar-refractivity contribution in [3.05, 3.63) is 65.9 Å². The summed E-state index contributed by atoms with van der Waals surface area (Å²) in [7, 11) is 7.20. The molecule has 0 aromatic heterocycles. The van der Waals surface area contributed by atoms with Crippen molar-refractivity contribution in [1.82, 2.24) is 4.90 Å². The highest BCUT2D eigenvalue weighted by atomic mass is 16.6. The average molecular weight is 423 g/mol. The molecule has 1 saturated heterocycles. The summed E-state index contributed by atoms with van der Waals surface area (Å²) in [6.45, 7) is 0.998. The van der Waals surface area contributed by atoms with Gasteiger partial charge in [-0.1, -0.05) is 24.3 Å². The van der Waals surface area contributed by atoms with Gasteiger partial charge in [-0.2, -0.15) is 0 Å². The van der Waals surface area contributed by atoms with Gasteiger partial charge in [-0.3, -0.25) is 4.90 Å². The van der Waals surface area contributed by atoms with Gasteiger partial charge in [-0.15, -0.1) is 0 Å². The smallest absolute Gasteiger partial charge is 0.419 e. The van der Waals surface area contributed by atoms with Gasteiger partial charge in [0.2, 0.25) is 0 Å². The van der Waals surface area contributed by atoms with E-state index >= 15 is 0 Å². The molecule has 2 aliphatic rings. The maximum atomic E-state index is 12.7. The Morgan fingerprint density at radius 1 is 1.10 bits per heavy atom. The first-order chi connectivity index (χ1) is 15.0. The van der Waals surface area contributed by atoms with Crippen LogP contribution in [0.1, 0.15) is 24.8 Å². The molecule has 2 atom stereocenters. The fourth-order valence-corrected chi connectivity index (χ4v) is 4.90. The van der Waals surface area contributed by atoms with E-state index < -0.39 is 0 Å². The van der Waals surface area contributed by atoms with Crippen LogP contribution in [0.4, 0.5) is 10.5 Å². The van der Waals surface area contributed by atoms with Crippen molar-refractivity contribution in [3.63, 3.8) is 0 Å². The molecular weight excluding hydrogens is 392 g/mol. The van der Waals surface area contributed by atoms with Gasteiger partial charge in [0.05, 0.1) is 14.2 Å². The number of carbonyl (C=O) groups is 1. The van der Waals surface area contributed by atoms with Crippen LogP contribution in [0, 0.1) is 0 Å². The molecule has 31 heavy (non-hydrogen) atoms. The molecule has 1 aliphatic carbocycles. The van der Waals surface area contributed by atoms with Crippen LogP contribution in [0.25, 0.3) is 0 Å². The normalized spacial score (nSPS) is 23.0. The summed E-state index contributed by atoms with van der Waals surface area (Å²) in [6.07, 6.45) is 4.28. The molecule has 1 heterocycles. The highest BCUT2D eigenvalue weighted by molar-refractivity contribution is 5.87. The van der Waals surface area contributed by atoms with E-state index in [9.17, 15) is 4.79 Å². The molecule has 0 spiro atoms. The highest BCUT2D eigenvalue weighted by Crippen LogP contribution is 2.49. The van der Waals surface area contributed by atoms with Crippen LogP contribution in [0.2, 0.25) is 0 Å². The van der Waals surface area contributed by atoms with Gasteiger partial charge >= 0.3 is 6.09 Å². The van der Waals surface area contributed by atoms with Crippen LogP contribution in [-0.4, -0.2) is 51.9 Å². The Hall–Kier alpha value is -2.99. The number of ether oxygens (including phenoxy) is 3. The van der Waals surface area contributed by atoms with Gasteiger partial charge in [0, 0.05) is 30.6 Å². The van der Waals surface area contributed by atoms with Crippen molar-refractivity contribution in [1.29, 1.82) is 0 Å². The molecule has 2 aromatic carbocycles. The number of likely N-dealkylation sites (N-methyl/N-ethyl adjacent to an activating group) is 1. The number of carbonyl (C=O) groups excluding carboxylic acids is 1. The minimum atomic E-state index is -0.364. The summed E-state index contributed by atoms with van der Waals surface area (Å²) < 4.78 is 16.8. The largest absolute Gasteiger partial charge is 0.493 e. The molecule has 0 saturated carbocycles. The summed E-state index contributed by atoms with van der Waals surface area (Å²) in [6, 6.07) is 16.0. The second-order valence-electron chi connectivity index (χ2n) is 8.31. The molecule has 164 valence electrons. The van der Waals surface area contributed by atoms with E-state index in [0.717, 1.165) is 42.3 Å². The second kappa shape index (κ2) is 8.63. The highest BCUT2D eigenvalue weighted by Gasteiger charge is 2.49. The van der Waals surface area contributed by atoms with E-state index in [-0.39, 0.29) is 17.6 Å². The number of nitrogens with zero attached hydrogens (tertiary/aromatic N) is 2. The number of para-hydroxylation sites is 1. The molecule has 1 fully saturated rings. The first kappa shape index (κ1) is 21.2. The molecule has 0 N–H and O–H groups in total. The van der Waals surface area contributed by atoms with Gasteiger partial charge < -0.3 is 19.1 Å². The van der Waals surface area contributed by atoms with Crippen LogP contribution in [-0.2, 0) is 10.2 Å². The zero-order chi connectivity index (χ0) is 22.0. The van der Waals surface area contributed by atoms with Gasteiger partial charge in [0.25, 0.3) is 0 Å². The fourth-order valence-electron chi connectivity index (χ4n) is 4.90. The number of hydrogen-bond donors (Lipinski definition) is 0. The third-order valence-electron chi connectivity index (χ3n) is 6.76. The molecule has 0 bridgehead atoms. The van der Waals surface area contributed by atoms with Gasteiger partial charge in [-0.05, 0) is 62.3 Å². The number of fused-ring (bicyclic) bond motifs is 1. The Morgan fingerprint density at radius 2 is 1.84 bits per heavy atom. The SMILES string of the molecule is COc1ccc([C@@]23CC=C(OC(=O)N(C)c4ccccc4)C[C@@H]2N(C)CC3)cc1OC. The van der Waals surface area contributed by atoms with Crippen molar-refractivity contribution in [2.24, 2.45) is 0 Å². The Labute approximate surface area is 184 Å². The van der Waals surface area contributed by atoms with Crippen LogP contribution < -0.4 is 14.4 Å². The van der Waals surface area contributed by atoms with E-state index in [0.29, 0.717) is 6.42 Å². The number of amides is 1. The predicted octanol–water partition coefficient (Wildman–Crippen LogP) is 4.60. The third kappa shape index (κ3) is 3.88. The molecule has 6 heteroatoms. The lowest BCUT2D eigenvalue weighted by molar-refractivity contribution is 0.157. The lowest BCUT2D eigenvalue weighted by Gasteiger charge is -2.41. The molecule has 0 radical (unpaired) electrons. The number of likely N-dealkylation sites (tertiary alicyclic amines) is 1. The molecule has 4 rings (SSSR count). The van der Waals surface area contributed by atoms with Crippen molar-refractivity contribution < 1.29 is 19.0 Å². The number of anilines is 1. The monoisotopic (exact) mass is 422 g/mol. The third-order valence-corrected chi connectivity index (χ3v) is 6.76. The number of rotatable bonds is 5. The van der Waals surface area contributed by atoms with E-state index in [1.54, 1.807) is 21.3 Å². The first-order valence-electron chi connectivity index (χ1n) is 10.6. The van der Waals surface area contributed by atoms with Crippen LogP contribution in [0.5, 0.6) is 11.5 Å². The molecule has 0 unspecified atom stereocenters. The Bertz CT molecular complexity index is 975. The van der Waals surface area contributed by atoms with E-state index in [4.69, 9.17) is 14.2 Å². The predicted molar refractivity (Wildman–Crippen MR) is 121 cm³/mol. The lowest BCUT2D eigenvalue weighted by atomic mass is 9.68. The lowest BCUT2D eigenvalue weighted by Crippen LogP contribution is -2.44.